The first-order chi connectivity index (χ1) is 13.7. The quantitative estimate of drug-likeness (QED) is 0.391. The van der Waals surface area contributed by atoms with Crippen LogP contribution in [-0.2, 0) is 4.79 Å². The topological polar surface area (TPSA) is 59.9 Å². The van der Waals surface area contributed by atoms with Crippen LogP contribution in [0.4, 0.5) is 0 Å². The van der Waals surface area contributed by atoms with Gasteiger partial charge in [0, 0.05) is 5.56 Å². The number of ether oxygens (including phenoxy) is 2. The van der Waals surface area contributed by atoms with E-state index in [1.807, 2.05) is 61.5 Å². The standard InChI is InChI=1S/C23H20N2O3/c1-3-13-27-22-12-11-18-8-4-5-10-20(18)21(22)15-24-25-23(26)16-28-19-9-6-7-17(2)14-19/h1,4-12,14-15H,13,16H2,2H3,(H,25,26)/b24-15-. The van der Waals surface area contributed by atoms with Crippen molar-refractivity contribution in [3.63, 3.8) is 0 Å². The van der Waals surface area contributed by atoms with E-state index < -0.39 is 0 Å². The lowest BCUT2D eigenvalue weighted by Crippen LogP contribution is -2.24. The summed E-state index contributed by atoms with van der Waals surface area (Å²) in [6, 6.07) is 19.1. The molecule has 3 rings (SSSR count). The van der Waals surface area contributed by atoms with E-state index in [0.29, 0.717) is 11.5 Å². The lowest BCUT2D eigenvalue weighted by Gasteiger charge is -2.10. The average Bonchev–Trinajstić information content (AvgIpc) is 2.71. The Kier molecular flexibility index (Phi) is 6.27. The van der Waals surface area contributed by atoms with Gasteiger partial charge in [-0.3, -0.25) is 4.79 Å². The van der Waals surface area contributed by atoms with Gasteiger partial charge in [-0.05, 0) is 41.5 Å². The zero-order chi connectivity index (χ0) is 19.8. The van der Waals surface area contributed by atoms with E-state index in [9.17, 15) is 4.79 Å². The highest BCUT2D eigenvalue weighted by Crippen LogP contribution is 2.26. The molecule has 1 amide bonds. The third-order valence-electron chi connectivity index (χ3n) is 3.98. The Morgan fingerprint density at radius 2 is 2.00 bits per heavy atom. The third-order valence-corrected chi connectivity index (χ3v) is 3.98. The number of carbonyl (C=O) groups excluding carboxylic acids is 1. The highest BCUT2D eigenvalue weighted by molar-refractivity contribution is 6.02. The lowest BCUT2D eigenvalue weighted by atomic mass is 10.0. The van der Waals surface area contributed by atoms with Crippen LogP contribution in [-0.4, -0.2) is 25.3 Å². The van der Waals surface area contributed by atoms with Gasteiger partial charge in [-0.25, -0.2) is 5.43 Å². The SMILES string of the molecule is C#CCOc1ccc2ccccc2c1/C=N\NC(=O)COc1cccc(C)c1. The lowest BCUT2D eigenvalue weighted by molar-refractivity contribution is -0.123. The van der Waals surface area contributed by atoms with Crippen molar-refractivity contribution in [1.82, 2.24) is 5.43 Å². The maximum absolute atomic E-state index is 12.0. The molecule has 0 bridgehead atoms. The Hall–Kier alpha value is -3.78. The van der Waals surface area contributed by atoms with Crippen LogP contribution in [0, 0.1) is 19.3 Å². The number of benzene rings is 3. The zero-order valence-electron chi connectivity index (χ0n) is 15.5. The minimum Gasteiger partial charge on any atom is -0.484 e. The molecular weight excluding hydrogens is 352 g/mol. The molecule has 5 nitrogen and oxygen atoms in total. The minimum atomic E-state index is -0.357. The summed E-state index contributed by atoms with van der Waals surface area (Å²) < 4.78 is 11.1. The molecule has 0 aliphatic carbocycles. The van der Waals surface area contributed by atoms with E-state index in [2.05, 4.69) is 16.4 Å². The number of terminal acetylenes is 1. The number of aryl methyl sites for hydroxylation is 1. The predicted octanol–water partition coefficient (Wildman–Crippen LogP) is 3.69. The van der Waals surface area contributed by atoms with Crippen LogP contribution in [0.15, 0.2) is 65.8 Å². The van der Waals surface area contributed by atoms with Crippen molar-refractivity contribution in [2.75, 3.05) is 13.2 Å². The van der Waals surface area contributed by atoms with Crippen molar-refractivity contribution >= 4 is 22.9 Å². The summed E-state index contributed by atoms with van der Waals surface area (Å²) in [6.07, 6.45) is 6.84. The van der Waals surface area contributed by atoms with E-state index in [0.717, 1.165) is 21.9 Å². The van der Waals surface area contributed by atoms with E-state index in [4.69, 9.17) is 15.9 Å². The van der Waals surface area contributed by atoms with Gasteiger partial charge >= 0.3 is 0 Å². The molecule has 0 spiro atoms. The van der Waals surface area contributed by atoms with Gasteiger partial charge in [0.15, 0.2) is 6.61 Å². The van der Waals surface area contributed by atoms with Crippen molar-refractivity contribution < 1.29 is 14.3 Å². The molecule has 0 atom stereocenters. The molecule has 0 unspecified atom stereocenters. The molecule has 140 valence electrons. The summed E-state index contributed by atoms with van der Waals surface area (Å²) in [5.74, 6) is 3.33. The summed E-state index contributed by atoms with van der Waals surface area (Å²) in [5, 5.41) is 6.04. The monoisotopic (exact) mass is 372 g/mol. The number of hydrazone groups is 1. The molecule has 0 radical (unpaired) electrons. The molecule has 0 aliphatic heterocycles. The third kappa shape index (κ3) is 4.89. The van der Waals surface area contributed by atoms with Crippen molar-refractivity contribution in [3.05, 3.63) is 71.8 Å². The molecule has 3 aromatic carbocycles. The molecule has 0 saturated heterocycles. The minimum absolute atomic E-state index is 0.128. The highest BCUT2D eigenvalue weighted by Gasteiger charge is 2.07. The maximum Gasteiger partial charge on any atom is 0.277 e. The van der Waals surface area contributed by atoms with Crippen LogP contribution >= 0.6 is 0 Å². The van der Waals surface area contributed by atoms with Crippen molar-refractivity contribution in [2.24, 2.45) is 5.10 Å². The first-order valence-corrected chi connectivity index (χ1v) is 8.77. The normalized spacial score (nSPS) is 10.6. The van der Waals surface area contributed by atoms with E-state index in [1.165, 1.54) is 0 Å². The van der Waals surface area contributed by atoms with Crippen LogP contribution in [0.2, 0.25) is 0 Å². The average molecular weight is 372 g/mol. The second kappa shape index (κ2) is 9.24. The molecule has 5 heteroatoms. The summed E-state index contributed by atoms with van der Waals surface area (Å²) in [4.78, 5) is 12.0. The largest absolute Gasteiger partial charge is 0.484 e. The van der Waals surface area contributed by atoms with Gasteiger partial charge in [0.25, 0.3) is 5.91 Å². The first kappa shape index (κ1) is 19.0. The Balaban J connectivity index is 1.69. The fraction of sp³-hybridized carbons (Fsp3) is 0.130. The maximum atomic E-state index is 12.0. The van der Waals surface area contributed by atoms with Gasteiger partial charge in [0.2, 0.25) is 0 Å². The van der Waals surface area contributed by atoms with Gasteiger partial charge in [-0.1, -0.05) is 48.4 Å². The Morgan fingerprint density at radius 1 is 1.14 bits per heavy atom. The molecular formula is C23H20N2O3. The molecule has 0 heterocycles. The smallest absolute Gasteiger partial charge is 0.277 e. The number of nitrogens with zero attached hydrogens (tertiary/aromatic N) is 1. The van der Waals surface area contributed by atoms with Crippen LogP contribution in [0.1, 0.15) is 11.1 Å². The van der Waals surface area contributed by atoms with Gasteiger partial charge in [-0.2, -0.15) is 5.10 Å². The summed E-state index contributed by atoms with van der Waals surface area (Å²) in [6.45, 7) is 1.98. The number of amides is 1. The highest BCUT2D eigenvalue weighted by atomic mass is 16.5. The van der Waals surface area contributed by atoms with Gasteiger partial charge < -0.3 is 9.47 Å². The van der Waals surface area contributed by atoms with Crippen LogP contribution < -0.4 is 14.9 Å². The Bertz CT molecular complexity index is 1050. The van der Waals surface area contributed by atoms with E-state index in [-0.39, 0.29) is 19.1 Å². The molecule has 28 heavy (non-hydrogen) atoms. The Morgan fingerprint density at radius 3 is 2.82 bits per heavy atom. The number of rotatable bonds is 7. The number of carbonyl (C=O) groups is 1. The fourth-order valence-corrected chi connectivity index (χ4v) is 2.71. The van der Waals surface area contributed by atoms with Gasteiger partial charge in [0.05, 0.1) is 6.21 Å². The van der Waals surface area contributed by atoms with Crippen LogP contribution in [0.5, 0.6) is 11.5 Å². The first-order valence-electron chi connectivity index (χ1n) is 8.77. The van der Waals surface area contributed by atoms with Crippen LogP contribution in [0.3, 0.4) is 0 Å². The molecule has 1 N–H and O–H groups in total. The molecule has 0 aromatic heterocycles. The number of hydrogen-bond donors (Lipinski definition) is 1. The van der Waals surface area contributed by atoms with Crippen molar-refractivity contribution in [2.45, 2.75) is 6.92 Å². The molecule has 0 aliphatic rings. The van der Waals surface area contributed by atoms with E-state index in [1.54, 1.807) is 12.3 Å². The number of nitrogens with one attached hydrogen (secondary N) is 1. The summed E-state index contributed by atoms with van der Waals surface area (Å²) in [5.41, 5.74) is 4.28. The number of fused-ring (bicyclic) bond motifs is 1. The van der Waals surface area contributed by atoms with Gasteiger partial charge in [0.1, 0.15) is 18.1 Å². The van der Waals surface area contributed by atoms with Crippen LogP contribution in [0.25, 0.3) is 10.8 Å². The molecule has 3 aromatic rings. The van der Waals surface area contributed by atoms with Gasteiger partial charge in [-0.15, -0.1) is 6.42 Å². The second-order valence-corrected chi connectivity index (χ2v) is 6.09. The van der Waals surface area contributed by atoms with Crippen molar-refractivity contribution in [1.29, 1.82) is 0 Å². The van der Waals surface area contributed by atoms with E-state index >= 15 is 0 Å². The zero-order valence-corrected chi connectivity index (χ0v) is 15.5. The molecule has 0 fully saturated rings. The van der Waals surface area contributed by atoms with Crippen molar-refractivity contribution in [3.8, 4) is 23.8 Å². The molecule has 0 saturated carbocycles. The predicted molar refractivity (Wildman–Crippen MR) is 111 cm³/mol. The Labute approximate surface area is 164 Å². The summed E-state index contributed by atoms with van der Waals surface area (Å²) in [7, 11) is 0. The fourth-order valence-electron chi connectivity index (χ4n) is 2.71. The summed E-state index contributed by atoms with van der Waals surface area (Å²) >= 11 is 0. The second-order valence-electron chi connectivity index (χ2n) is 6.09. The number of hydrogen-bond acceptors (Lipinski definition) is 4.